The Hall–Kier alpha value is -1.75. The summed E-state index contributed by atoms with van der Waals surface area (Å²) >= 11 is 0. The molecule has 1 aliphatic heterocycles. The van der Waals surface area contributed by atoms with E-state index in [-0.39, 0.29) is 12.5 Å². The van der Waals surface area contributed by atoms with E-state index < -0.39 is 0 Å². The fourth-order valence-corrected chi connectivity index (χ4v) is 2.11. The number of ether oxygens (including phenoxy) is 2. The molecule has 20 heavy (non-hydrogen) atoms. The third-order valence-corrected chi connectivity index (χ3v) is 3.33. The maximum absolute atomic E-state index is 12.0. The maximum atomic E-state index is 12.0. The largest absolute Gasteiger partial charge is 0.494 e. The highest BCUT2D eigenvalue weighted by molar-refractivity contribution is 5.77. The first-order chi connectivity index (χ1) is 9.69. The van der Waals surface area contributed by atoms with Gasteiger partial charge in [0.05, 0.1) is 6.61 Å². The summed E-state index contributed by atoms with van der Waals surface area (Å²) in [7, 11) is 2.07. The van der Waals surface area contributed by atoms with Gasteiger partial charge in [-0.3, -0.25) is 4.79 Å². The molecular weight excluding hydrogens is 256 g/mol. The lowest BCUT2D eigenvalue weighted by atomic mass is 10.3. The zero-order valence-corrected chi connectivity index (χ0v) is 12.2. The number of likely N-dealkylation sites (N-methyl/N-ethyl adjacent to an activating group) is 1. The van der Waals surface area contributed by atoms with Gasteiger partial charge in [-0.25, -0.2) is 0 Å². The normalized spacial score (nSPS) is 16.0. The highest BCUT2D eigenvalue weighted by Gasteiger charge is 2.19. The van der Waals surface area contributed by atoms with E-state index >= 15 is 0 Å². The fourth-order valence-electron chi connectivity index (χ4n) is 2.11. The number of hydrogen-bond acceptors (Lipinski definition) is 4. The number of rotatable bonds is 5. The van der Waals surface area contributed by atoms with E-state index in [0.29, 0.717) is 12.4 Å². The van der Waals surface area contributed by atoms with Crippen LogP contribution in [0, 0.1) is 0 Å². The molecule has 5 nitrogen and oxygen atoms in total. The van der Waals surface area contributed by atoms with E-state index in [1.165, 1.54) is 0 Å². The second kappa shape index (κ2) is 7.14. The Morgan fingerprint density at radius 1 is 1.15 bits per heavy atom. The molecule has 1 aromatic carbocycles. The molecule has 1 fully saturated rings. The molecule has 110 valence electrons. The molecule has 2 rings (SSSR count). The summed E-state index contributed by atoms with van der Waals surface area (Å²) in [6.45, 7) is 6.03. The first kappa shape index (κ1) is 14.7. The molecule has 1 aromatic rings. The Balaban J connectivity index is 1.82. The first-order valence-electron chi connectivity index (χ1n) is 7.01. The molecule has 0 atom stereocenters. The van der Waals surface area contributed by atoms with Crippen LogP contribution in [-0.4, -0.2) is 62.1 Å². The second-order valence-electron chi connectivity index (χ2n) is 4.88. The highest BCUT2D eigenvalue weighted by atomic mass is 16.5. The smallest absolute Gasteiger partial charge is 0.260 e. The molecule has 0 bridgehead atoms. The second-order valence-corrected chi connectivity index (χ2v) is 4.88. The van der Waals surface area contributed by atoms with Gasteiger partial charge < -0.3 is 19.3 Å². The Bertz CT molecular complexity index is 442. The average molecular weight is 278 g/mol. The van der Waals surface area contributed by atoms with Crippen LogP contribution in [0.15, 0.2) is 24.3 Å². The van der Waals surface area contributed by atoms with Gasteiger partial charge in [-0.1, -0.05) is 6.07 Å². The lowest BCUT2D eigenvalue weighted by Gasteiger charge is -2.32. The number of amides is 1. The standard InChI is InChI=1S/C15H22N2O3/c1-3-19-13-5-4-6-14(11-13)20-12-15(18)17-9-7-16(2)8-10-17/h4-6,11H,3,7-10,12H2,1-2H3. The Labute approximate surface area is 120 Å². The van der Waals surface area contributed by atoms with Crippen molar-refractivity contribution in [2.45, 2.75) is 6.92 Å². The van der Waals surface area contributed by atoms with Crippen LogP contribution in [0.2, 0.25) is 0 Å². The molecule has 1 heterocycles. The molecule has 1 amide bonds. The van der Waals surface area contributed by atoms with Crippen molar-refractivity contribution in [3.63, 3.8) is 0 Å². The average Bonchev–Trinajstić information content (AvgIpc) is 2.46. The van der Waals surface area contributed by atoms with Crippen LogP contribution in [0.5, 0.6) is 11.5 Å². The summed E-state index contributed by atoms with van der Waals surface area (Å²) in [4.78, 5) is 16.1. The summed E-state index contributed by atoms with van der Waals surface area (Å²) in [5.74, 6) is 1.47. The van der Waals surface area contributed by atoms with Gasteiger partial charge in [-0.2, -0.15) is 0 Å². The van der Waals surface area contributed by atoms with Crippen molar-refractivity contribution in [3.05, 3.63) is 24.3 Å². The van der Waals surface area contributed by atoms with Crippen LogP contribution in [0.1, 0.15) is 6.92 Å². The van der Waals surface area contributed by atoms with Crippen LogP contribution >= 0.6 is 0 Å². The predicted octanol–water partition coefficient (Wildman–Crippen LogP) is 1.24. The van der Waals surface area contributed by atoms with Crippen molar-refractivity contribution in [1.82, 2.24) is 9.80 Å². The van der Waals surface area contributed by atoms with Crippen LogP contribution in [0.25, 0.3) is 0 Å². The lowest BCUT2D eigenvalue weighted by molar-refractivity contribution is -0.134. The highest BCUT2D eigenvalue weighted by Crippen LogP contribution is 2.19. The van der Waals surface area contributed by atoms with E-state index in [4.69, 9.17) is 9.47 Å². The predicted molar refractivity (Wildman–Crippen MR) is 77.2 cm³/mol. The van der Waals surface area contributed by atoms with E-state index in [1.54, 1.807) is 6.07 Å². The summed E-state index contributed by atoms with van der Waals surface area (Å²) in [6, 6.07) is 7.37. The van der Waals surface area contributed by atoms with Gasteiger partial charge in [-0.05, 0) is 26.1 Å². The van der Waals surface area contributed by atoms with Gasteiger partial charge in [0.15, 0.2) is 6.61 Å². The molecule has 0 saturated carbocycles. The maximum Gasteiger partial charge on any atom is 0.260 e. The fraction of sp³-hybridized carbons (Fsp3) is 0.533. The monoisotopic (exact) mass is 278 g/mol. The quantitative estimate of drug-likeness (QED) is 0.812. The summed E-state index contributed by atoms with van der Waals surface area (Å²) in [5, 5.41) is 0. The van der Waals surface area contributed by atoms with Gasteiger partial charge in [0, 0.05) is 32.2 Å². The van der Waals surface area contributed by atoms with Gasteiger partial charge in [0.25, 0.3) is 5.91 Å². The molecular formula is C15H22N2O3. The van der Waals surface area contributed by atoms with Crippen molar-refractivity contribution in [2.24, 2.45) is 0 Å². The van der Waals surface area contributed by atoms with Crippen LogP contribution < -0.4 is 9.47 Å². The Morgan fingerprint density at radius 2 is 1.80 bits per heavy atom. The molecule has 0 spiro atoms. The van der Waals surface area contributed by atoms with Crippen molar-refractivity contribution >= 4 is 5.91 Å². The van der Waals surface area contributed by atoms with Crippen LogP contribution in [0.3, 0.4) is 0 Å². The van der Waals surface area contributed by atoms with Gasteiger partial charge in [-0.15, -0.1) is 0 Å². The van der Waals surface area contributed by atoms with Crippen LogP contribution in [-0.2, 0) is 4.79 Å². The van der Waals surface area contributed by atoms with Crippen molar-refractivity contribution in [3.8, 4) is 11.5 Å². The number of piperazine rings is 1. The van der Waals surface area contributed by atoms with E-state index in [9.17, 15) is 4.79 Å². The Kier molecular flexibility index (Phi) is 5.24. The molecule has 0 unspecified atom stereocenters. The Morgan fingerprint density at radius 3 is 2.45 bits per heavy atom. The van der Waals surface area contributed by atoms with E-state index in [0.717, 1.165) is 31.9 Å². The number of carbonyl (C=O) groups is 1. The number of nitrogens with zero attached hydrogens (tertiary/aromatic N) is 2. The molecule has 0 aromatic heterocycles. The summed E-state index contributed by atoms with van der Waals surface area (Å²) < 4.78 is 11.0. The number of carbonyl (C=O) groups excluding carboxylic acids is 1. The lowest BCUT2D eigenvalue weighted by Crippen LogP contribution is -2.48. The van der Waals surface area contributed by atoms with E-state index in [2.05, 4.69) is 11.9 Å². The molecule has 0 N–H and O–H groups in total. The van der Waals surface area contributed by atoms with Crippen molar-refractivity contribution in [2.75, 3.05) is 46.4 Å². The van der Waals surface area contributed by atoms with Gasteiger partial charge in [0.1, 0.15) is 11.5 Å². The molecule has 1 saturated heterocycles. The third-order valence-electron chi connectivity index (χ3n) is 3.33. The number of benzene rings is 1. The topological polar surface area (TPSA) is 42.0 Å². The summed E-state index contributed by atoms with van der Waals surface area (Å²) in [6.07, 6.45) is 0. The van der Waals surface area contributed by atoms with Crippen LogP contribution in [0.4, 0.5) is 0 Å². The van der Waals surface area contributed by atoms with Crippen molar-refractivity contribution < 1.29 is 14.3 Å². The van der Waals surface area contributed by atoms with E-state index in [1.807, 2.05) is 30.0 Å². The zero-order valence-electron chi connectivity index (χ0n) is 12.2. The minimum atomic E-state index is 0.0416. The first-order valence-corrected chi connectivity index (χ1v) is 7.01. The molecule has 0 aliphatic carbocycles. The number of hydrogen-bond donors (Lipinski definition) is 0. The third kappa shape index (κ3) is 4.13. The summed E-state index contributed by atoms with van der Waals surface area (Å²) in [5.41, 5.74) is 0. The zero-order chi connectivity index (χ0) is 14.4. The molecule has 1 aliphatic rings. The molecule has 5 heteroatoms. The molecule has 0 radical (unpaired) electrons. The van der Waals surface area contributed by atoms with Crippen molar-refractivity contribution in [1.29, 1.82) is 0 Å². The minimum absolute atomic E-state index is 0.0416. The van der Waals surface area contributed by atoms with Gasteiger partial charge >= 0.3 is 0 Å². The van der Waals surface area contributed by atoms with Gasteiger partial charge in [0.2, 0.25) is 0 Å². The SMILES string of the molecule is CCOc1cccc(OCC(=O)N2CCN(C)CC2)c1. The minimum Gasteiger partial charge on any atom is -0.494 e.